The molecule has 1 aromatic carbocycles. The molecule has 0 aromatic heterocycles. The Labute approximate surface area is 135 Å². The molecule has 0 aliphatic carbocycles. The van der Waals surface area contributed by atoms with E-state index in [4.69, 9.17) is 4.74 Å². The van der Waals surface area contributed by atoms with E-state index in [-0.39, 0.29) is 16.3 Å². The van der Waals surface area contributed by atoms with Crippen LogP contribution >= 0.6 is 0 Å². The number of nitro benzene ring substituents is 1. The summed E-state index contributed by atoms with van der Waals surface area (Å²) in [6.07, 6.45) is 3.51. The maximum atomic E-state index is 12.4. The molecule has 0 saturated carbocycles. The van der Waals surface area contributed by atoms with Crippen LogP contribution in [0.5, 0.6) is 5.75 Å². The number of benzene rings is 1. The number of sulfonamides is 1. The zero-order chi connectivity index (χ0) is 16.9. The molecule has 1 aliphatic rings. The summed E-state index contributed by atoms with van der Waals surface area (Å²) in [5.74, 6) is -0.0373. The number of non-ortho nitro benzene ring substituents is 1. The second-order valence-electron chi connectivity index (χ2n) is 5.39. The van der Waals surface area contributed by atoms with Crippen molar-refractivity contribution in [3.8, 4) is 5.75 Å². The zero-order valence-corrected chi connectivity index (χ0v) is 13.8. The fraction of sp³-hybridized carbons (Fsp3) is 0.571. The Kier molecular flexibility index (Phi) is 5.91. The van der Waals surface area contributed by atoms with E-state index in [1.165, 1.54) is 19.6 Å². The summed E-state index contributed by atoms with van der Waals surface area (Å²) < 4.78 is 32.2. The van der Waals surface area contributed by atoms with Gasteiger partial charge in [-0.2, -0.15) is 0 Å². The van der Waals surface area contributed by atoms with Gasteiger partial charge in [-0.25, -0.2) is 13.1 Å². The number of piperidine rings is 1. The fourth-order valence-corrected chi connectivity index (χ4v) is 3.76. The van der Waals surface area contributed by atoms with Gasteiger partial charge in [-0.3, -0.25) is 10.1 Å². The molecule has 9 heteroatoms. The van der Waals surface area contributed by atoms with Crippen molar-refractivity contribution in [2.24, 2.45) is 0 Å². The largest absolute Gasteiger partial charge is 0.495 e. The predicted molar refractivity (Wildman–Crippen MR) is 85.1 cm³/mol. The quantitative estimate of drug-likeness (QED) is 0.592. The number of nitrogens with zero attached hydrogens (tertiary/aromatic N) is 2. The Balaban J connectivity index is 2.04. The minimum atomic E-state index is -3.77. The van der Waals surface area contributed by atoms with E-state index in [1.807, 2.05) is 0 Å². The van der Waals surface area contributed by atoms with Gasteiger partial charge < -0.3 is 9.64 Å². The van der Waals surface area contributed by atoms with Gasteiger partial charge in [0.25, 0.3) is 5.69 Å². The van der Waals surface area contributed by atoms with E-state index >= 15 is 0 Å². The normalized spacial score (nSPS) is 16.2. The van der Waals surface area contributed by atoms with Crippen LogP contribution in [0.15, 0.2) is 23.1 Å². The van der Waals surface area contributed by atoms with Crippen LogP contribution in [0.4, 0.5) is 5.69 Å². The number of methoxy groups -OCH3 is 1. The molecule has 1 heterocycles. The number of hydrogen-bond donors (Lipinski definition) is 1. The molecule has 0 bridgehead atoms. The Morgan fingerprint density at radius 1 is 1.30 bits per heavy atom. The molecule has 23 heavy (non-hydrogen) atoms. The molecule has 1 N–H and O–H groups in total. The molecule has 0 spiro atoms. The fourth-order valence-electron chi connectivity index (χ4n) is 2.59. The molecule has 0 amide bonds. The maximum absolute atomic E-state index is 12.4. The minimum absolute atomic E-state index is 0.0373. The van der Waals surface area contributed by atoms with E-state index in [9.17, 15) is 18.5 Å². The van der Waals surface area contributed by atoms with E-state index in [0.29, 0.717) is 13.1 Å². The Bertz CT molecular complexity index is 656. The number of ether oxygens (including phenoxy) is 1. The second-order valence-corrected chi connectivity index (χ2v) is 7.13. The van der Waals surface area contributed by atoms with Crippen molar-refractivity contribution in [1.29, 1.82) is 0 Å². The summed E-state index contributed by atoms with van der Waals surface area (Å²) in [4.78, 5) is 12.3. The highest BCUT2D eigenvalue weighted by atomic mass is 32.2. The van der Waals surface area contributed by atoms with Gasteiger partial charge >= 0.3 is 0 Å². The smallest absolute Gasteiger partial charge is 0.273 e. The Hall–Kier alpha value is -1.71. The third kappa shape index (κ3) is 4.63. The lowest BCUT2D eigenvalue weighted by Gasteiger charge is -2.26. The third-order valence-corrected chi connectivity index (χ3v) is 5.32. The minimum Gasteiger partial charge on any atom is -0.495 e. The summed E-state index contributed by atoms with van der Waals surface area (Å²) in [7, 11) is -2.49. The first-order valence-corrected chi connectivity index (χ1v) is 8.97. The van der Waals surface area contributed by atoms with Gasteiger partial charge in [0.2, 0.25) is 10.0 Å². The number of likely N-dealkylation sites (tertiary alicyclic amines) is 1. The molecule has 2 rings (SSSR count). The highest BCUT2D eigenvalue weighted by Crippen LogP contribution is 2.28. The molecule has 128 valence electrons. The summed E-state index contributed by atoms with van der Waals surface area (Å²) >= 11 is 0. The highest BCUT2D eigenvalue weighted by molar-refractivity contribution is 7.89. The van der Waals surface area contributed by atoms with Crippen molar-refractivity contribution in [3.05, 3.63) is 28.3 Å². The van der Waals surface area contributed by atoms with Gasteiger partial charge in [-0.1, -0.05) is 6.42 Å². The van der Waals surface area contributed by atoms with Crippen LogP contribution in [0.2, 0.25) is 0 Å². The molecule has 0 atom stereocenters. The molecule has 8 nitrogen and oxygen atoms in total. The van der Waals surface area contributed by atoms with E-state index in [1.54, 1.807) is 0 Å². The van der Waals surface area contributed by atoms with Crippen LogP contribution < -0.4 is 9.46 Å². The van der Waals surface area contributed by atoms with Crippen molar-refractivity contribution in [1.82, 2.24) is 9.62 Å². The van der Waals surface area contributed by atoms with Crippen molar-refractivity contribution >= 4 is 15.7 Å². The van der Waals surface area contributed by atoms with E-state index in [2.05, 4.69) is 9.62 Å². The Morgan fingerprint density at radius 3 is 2.61 bits per heavy atom. The maximum Gasteiger partial charge on any atom is 0.273 e. The zero-order valence-electron chi connectivity index (χ0n) is 13.0. The molecule has 1 aliphatic heterocycles. The average molecular weight is 343 g/mol. The molecule has 1 fully saturated rings. The van der Waals surface area contributed by atoms with Gasteiger partial charge in [-0.05, 0) is 32.0 Å². The van der Waals surface area contributed by atoms with Crippen LogP contribution in [0.25, 0.3) is 0 Å². The van der Waals surface area contributed by atoms with Crippen molar-refractivity contribution < 1.29 is 18.1 Å². The SMILES string of the molecule is COc1cc([N+](=O)[O-])ccc1S(=O)(=O)NCCN1CCCCC1. The molecule has 1 aromatic rings. The van der Waals surface area contributed by atoms with E-state index in [0.717, 1.165) is 38.1 Å². The first-order valence-electron chi connectivity index (χ1n) is 7.48. The average Bonchev–Trinajstić information content (AvgIpc) is 2.55. The van der Waals surface area contributed by atoms with Crippen molar-refractivity contribution in [2.45, 2.75) is 24.2 Å². The van der Waals surface area contributed by atoms with Gasteiger partial charge in [-0.15, -0.1) is 0 Å². The van der Waals surface area contributed by atoms with Crippen LogP contribution in [0, 0.1) is 10.1 Å². The van der Waals surface area contributed by atoms with Crippen LogP contribution in [0.3, 0.4) is 0 Å². The summed E-state index contributed by atoms with van der Waals surface area (Å²) in [5.41, 5.74) is -0.214. The summed E-state index contributed by atoms with van der Waals surface area (Å²) in [6.45, 7) is 2.92. The first kappa shape index (κ1) is 17.6. The third-order valence-electron chi connectivity index (χ3n) is 3.82. The number of nitro groups is 1. The van der Waals surface area contributed by atoms with Crippen LogP contribution in [-0.4, -0.2) is 51.5 Å². The lowest BCUT2D eigenvalue weighted by Crippen LogP contribution is -2.37. The van der Waals surface area contributed by atoms with Gasteiger partial charge in [0.1, 0.15) is 10.6 Å². The van der Waals surface area contributed by atoms with Crippen molar-refractivity contribution in [2.75, 3.05) is 33.3 Å². The molecular weight excluding hydrogens is 322 g/mol. The summed E-state index contributed by atoms with van der Waals surface area (Å²) in [6, 6.07) is 3.46. The summed E-state index contributed by atoms with van der Waals surface area (Å²) in [5, 5.41) is 10.8. The van der Waals surface area contributed by atoms with Crippen molar-refractivity contribution in [3.63, 3.8) is 0 Å². The predicted octanol–water partition coefficient (Wildman–Crippen LogP) is 1.37. The van der Waals surface area contributed by atoms with Gasteiger partial charge in [0, 0.05) is 19.2 Å². The number of nitrogens with one attached hydrogen (secondary N) is 1. The second kappa shape index (κ2) is 7.71. The molecule has 0 unspecified atom stereocenters. The standard InChI is InChI=1S/C14H21N3O5S/c1-22-13-11-12(17(18)19)5-6-14(13)23(20,21)15-7-10-16-8-3-2-4-9-16/h5-6,11,15H,2-4,7-10H2,1H3. The lowest BCUT2D eigenvalue weighted by molar-refractivity contribution is -0.385. The lowest BCUT2D eigenvalue weighted by atomic mass is 10.1. The van der Waals surface area contributed by atoms with E-state index < -0.39 is 14.9 Å². The molecule has 1 saturated heterocycles. The monoisotopic (exact) mass is 343 g/mol. The van der Waals surface area contributed by atoms with Crippen LogP contribution in [0.1, 0.15) is 19.3 Å². The van der Waals surface area contributed by atoms with Gasteiger partial charge in [0.05, 0.1) is 18.1 Å². The molecule has 0 radical (unpaired) electrons. The number of hydrogen-bond acceptors (Lipinski definition) is 6. The number of rotatable bonds is 7. The topological polar surface area (TPSA) is 102 Å². The molecular formula is C14H21N3O5S. The highest BCUT2D eigenvalue weighted by Gasteiger charge is 2.22. The first-order chi connectivity index (χ1) is 10.9. The van der Waals surface area contributed by atoms with Crippen LogP contribution in [-0.2, 0) is 10.0 Å². The Morgan fingerprint density at radius 2 is 2.00 bits per heavy atom. The van der Waals surface area contributed by atoms with Gasteiger partial charge in [0.15, 0.2) is 0 Å².